The maximum Gasteiger partial charge on any atom is 0.251 e. The van der Waals surface area contributed by atoms with Crippen molar-refractivity contribution in [3.8, 4) is 22.9 Å². The molecule has 0 radical (unpaired) electrons. The van der Waals surface area contributed by atoms with Crippen LogP contribution < -0.4 is 10.6 Å². The molecule has 32 heavy (non-hydrogen) atoms. The lowest BCUT2D eigenvalue weighted by atomic mass is 10.1. The van der Waals surface area contributed by atoms with Gasteiger partial charge in [0.15, 0.2) is 0 Å². The molecule has 0 spiro atoms. The molecule has 2 aromatic heterocycles. The van der Waals surface area contributed by atoms with Gasteiger partial charge in [-0.1, -0.05) is 18.2 Å². The Morgan fingerprint density at radius 2 is 1.72 bits per heavy atom. The molecule has 2 amide bonds. The fourth-order valence-corrected chi connectivity index (χ4v) is 3.11. The number of nitrogens with zero attached hydrogens (tertiary/aromatic N) is 2. The van der Waals surface area contributed by atoms with E-state index in [-0.39, 0.29) is 18.4 Å². The summed E-state index contributed by atoms with van der Waals surface area (Å²) in [6.45, 7) is 3.86. The monoisotopic (exact) mass is 430 g/mol. The maximum atomic E-state index is 12.5. The molecule has 2 aromatic carbocycles. The summed E-state index contributed by atoms with van der Waals surface area (Å²) in [5.41, 5.74) is 3.02. The highest BCUT2D eigenvalue weighted by molar-refractivity contribution is 5.97. The highest BCUT2D eigenvalue weighted by Crippen LogP contribution is 2.26. The van der Waals surface area contributed by atoms with Crippen molar-refractivity contribution in [3.05, 3.63) is 83.8 Å². The predicted octanol–water partition coefficient (Wildman–Crippen LogP) is 3.74. The van der Waals surface area contributed by atoms with Gasteiger partial charge in [-0.05, 0) is 61.9 Å². The molecule has 0 aliphatic carbocycles. The second-order valence-corrected chi connectivity index (χ2v) is 7.30. The maximum absolute atomic E-state index is 12.5. The third-order valence-electron chi connectivity index (χ3n) is 4.95. The summed E-state index contributed by atoms with van der Waals surface area (Å²) in [5, 5.41) is 13.6. The van der Waals surface area contributed by atoms with Crippen LogP contribution in [0, 0.1) is 6.92 Å². The van der Waals surface area contributed by atoms with Crippen molar-refractivity contribution in [2.75, 3.05) is 0 Å². The number of hydrogen-bond acceptors (Lipinski definition) is 6. The minimum atomic E-state index is -0.704. The van der Waals surface area contributed by atoms with Crippen molar-refractivity contribution < 1.29 is 18.4 Å². The molecule has 1 atom stereocenters. The van der Waals surface area contributed by atoms with Crippen LogP contribution in [0.5, 0.6) is 0 Å². The normalized spacial score (nSPS) is 11.7. The molecule has 2 N–H and O–H groups in total. The summed E-state index contributed by atoms with van der Waals surface area (Å²) in [7, 11) is 0. The first-order chi connectivity index (χ1) is 15.5. The molecular formula is C24H22N4O4. The zero-order valence-corrected chi connectivity index (χ0v) is 17.7. The SMILES string of the molecule is Cc1ccccc1-c1nnc(-c2ccc(C(=O)NC(C)C(=O)NCc3ccco3)cc2)o1. The van der Waals surface area contributed by atoms with Crippen molar-refractivity contribution in [3.63, 3.8) is 0 Å². The van der Waals surface area contributed by atoms with Gasteiger partial charge in [0.1, 0.15) is 11.8 Å². The van der Waals surface area contributed by atoms with E-state index in [1.165, 1.54) is 6.26 Å². The first-order valence-electron chi connectivity index (χ1n) is 10.1. The molecule has 0 aliphatic heterocycles. The van der Waals surface area contributed by atoms with Gasteiger partial charge in [0.2, 0.25) is 17.7 Å². The van der Waals surface area contributed by atoms with E-state index in [0.29, 0.717) is 28.7 Å². The summed E-state index contributed by atoms with van der Waals surface area (Å²) in [4.78, 5) is 24.7. The van der Waals surface area contributed by atoms with E-state index in [2.05, 4.69) is 20.8 Å². The lowest BCUT2D eigenvalue weighted by Crippen LogP contribution is -2.44. The Balaban J connectivity index is 1.37. The number of aromatic nitrogens is 2. The van der Waals surface area contributed by atoms with Crippen LogP contribution in [0.1, 0.15) is 28.6 Å². The molecule has 4 aromatic rings. The Morgan fingerprint density at radius 3 is 2.44 bits per heavy atom. The molecule has 2 heterocycles. The van der Waals surface area contributed by atoms with Gasteiger partial charge in [0, 0.05) is 16.7 Å². The van der Waals surface area contributed by atoms with Gasteiger partial charge in [-0.25, -0.2) is 0 Å². The van der Waals surface area contributed by atoms with Gasteiger partial charge in [0.25, 0.3) is 5.91 Å². The van der Waals surface area contributed by atoms with Crippen LogP contribution >= 0.6 is 0 Å². The van der Waals surface area contributed by atoms with Crippen LogP contribution in [0.4, 0.5) is 0 Å². The highest BCUT2D eigenvalue weighted by Gasteiger charge is 2.17. The number of benzene rings is 2. The molecule has 0 aliphatic rings. The third kappa shape index (κ3) is 4.75. The average Bonchev–Trinajstić information content (AvgIpc) is 3.50. The zero-order chi connectivity index (χ0) is 22.5. The van der Waals surface area contributed by atoms with E-state index < -0.39 is 6.04 Å². The van der Waals surface area contributed by atoms with Crippen LogP contribution in [0.25, 0.3) is 22.9 Å². The Labute approximate surface area is 184 Å². The molecule has 4 rings (SSSR count). The van der Waals surface area contributed by atoms with Gasteiger partial charge in [0.05, 0.1) is 12.8 Å². The van der Waals surface area contributed by atoms with E-state index in [1.54, 1.807) is 43.3 Å². The zero-order valence-electron chi connectivity index (χ0n) is 17.7. The van der Waals surface area contributed by atoms with E-state index >= 15 is 0 Å². The van der Waals surface area contributed by atoms with Crippen molar-refractivity contribution >= 4 is 11.8 Å². The van der Waals surface area contributed by atoms with Crippen molar-refractivity contribution in [1.29, 1.82) is 0 Å². The summed E-state index contributed by atoms with van der Waals surface area (Å²) in [6.07, 6.45) is 1.54. The number of furan rings is 1. The minimum Gasteiger partial charge on any atom is -0.467 e. The standard InChI is InChI=1S/C24H22N4O4/c1-15-6-3-4-8-20(15)24-28-27-23(32-24)18-11-9-17(10-12-18)22(30)26-16(2)21(29)25-14-19-7-5-13-31-19/h3-13,16H,14H2,1-2H3,(H,25,29)(H,26,30). The van der Waals surface area contributed by atoms with E-state index in [1.807, 2.05) is 31.2 Å². The molecule has 162 valence electrons. The Kier molecular flexibility index (Phi) is 6.12. The number of aryl methyl sites for hydroxylation is 1. The van der Waals surface area contributed by atoms with Gasteiger partial charge in [-0.2, -0.15) is 0 Å². The smallest absolute Gasteiger partial charge is 0.251 e. The van der Waals surface area contributed by atoms with E-state index in [9.17, 15) is 9.59 Å². The molecule has 8 nitrogen and oxygen atoms in total. The topological polar surface area (TPSA) is 110 Å². The van der Waals surface area contributed by atoms with Gasteiger partial charge < -0.3 is 19.5 Å². The molecule has 0 fully saturated rings. The van der Waals surface area contributed by atoms with Crippen LogP contribution in [-0.4, -0.2) is 28.1 Å². The fourth-order valence-electron chi connectivity index (χ4n) is 3.11. The molecular weight excluding hydrogens is 408 g/mol. The number of hydrogen-bond donors (Lipinski definition) is 2. The lowest BCUT2D eigenvalue weighted by Gasteiger charge is -2.13. The second-order valence-electron chi connectivity index (χ2n) is 7.30. The molecule has 0 bridgehead atoms. The Hall–Kier alpha value is -4.20. The van der Waals surface area contributed by atoms with Crippen molar-refractivity contribution in [2.24, 2.45) is 0 Å². The number of amides is 2. The summed E-state index contributed by atoms with van der Waals surface area (Å²) in [5.74, 6) is 0.776. The van der Waals surface area contributed by atoms with E-state index in [4.69, 9.17) is 8.83 Å². The Bertz CT molecular complexity index is 1210. The molecule has 1 unspecified atom stereocenters. The largest absolute Gasteiger partial charge is 0.467 e. The van der Waals surface area contributed by atoms with Crippen LogP contribution in [0.3, 0.4) is 0 Å². The van der Waals surface area contributed by atoms with Crippen molar-refractivity contribution in [1.82, 2.24) is 20.8 Å². The van der Waals surface area contributed by atoms with Gasteiger partial charge in [-0.3, -0.25) is 9.59 Å². The summed E-state index contributed by atoms with van der Waals surface area (Å²) < 4.78 is 11.0. The second kappa shape index (κ2) is 9.30. The quantitative estimate of drug-likeness (QED) is 0.462. The fraction of sp³-hybridized carbons (Fsp3) is 0.167. The number of nitrogens with one attached hydrogen (secondary N) is 2. The average molecular weight is 430 g/mol. The van der Waals surface area contributed by atoms with Crippen LogP contribution in [-0.2, 0) is 11.3 Å². The first-order valence-corrected chi connectivity index (χ1v) is 10.1. The summed E-state index contributed by atoms with van der Waals surface area (Å²) in [6, 6.07) is 17.3. The Morgan fingerprint density at radius 1 is 0.969 bits per heavy atom. The van der Waals surface area contributed by atoms with Gasteiger partial charge in [-0.15, -0.1) is 10.2 Å². The van der Waals surface area contributed by atoms with Crippen LogP contribution in [0.2, 0.25) is 0 Å². The first kappa shape index (κ1) is 21.0. The molecule has 0 saturated heterocycles. The number of carbonyl (C=O) groups is 2. The van der Waals surface area contributed by atoms with Gasteiger partial charge >= 0.3 is 0 Å². The number of rotatable bonds is 7. The predicted molar refractivity (Wildman–Crippen MR) is 117 cm³/mol. The van der Waals surface area contributed by atoms with Crippen molar-refractivity contribution in [2.45, 2.75) is 26.4 Å². The summed E-state index contributed by atoms with van der Waals surface area (Å²) >= 11 is 0. The number of carbonyl (C=O) groups excluding carboxylic acids is 2. The lowest BCUT2D eigenvalue weighted by molar-refractivity contribution is -0.122. The highest BCUT2D eigenvalue weighted by atomic mass is 16.4. The van der Waals surface area contributed by atoms with Crippen LogP contribution in [0.15, 0.2) is 75.8 Å². The molecule has 8 heteroatoms. The van der Waals surface area contributed by atoms with E-state index in [0.717, 1.165) is 11.1 Å². The molecule has 0 saturated carbocycles. The third-order valence-corrected chi connectivity index (χ3v) is 4.95. The minimum absolute atomic E-state index is 0.259.